The van der Waals surface area contributed by atoms with Crippen molar-refractivity contribution in [2.75, 3.05) is 11.5 Å². The minimum Gasteiger partial charge on any atom is -0.488 e. The monoisotopic (exact) mass is 728 g/mol. The summed E-state index contributed by atoms with van der Waals surface area (Å²) in [7, 11) is 0. The number of ether oxygens (including phenoxy) is 1. The smallest absolute Gasteiger partial charge is 0.271 e. The zero-order chi connectivity index (χ0) is 20.4. The van der Waals surface area contributed by atoms with Crippen LogP contribution in [0.1, 0.15) is 11.1 Å². The van der Waals surface area contributed by atoms with Gasteiger partial charge in [0.15, 0.2) is 5.17 Å². The number of carbonyl (C=O) groups excluding carboxylic acids is 1. The molecule has 0 radical (unpaired) electrons. The molecule has 144 valence electrons. The Morgan fingerprint density at radius 1 is 1.21 bits per heavy atom. The molecule has 1 aliphatic rings. The van der Waals surface area contributed by atoms with Crippen LogP contribution in [0.15, 0.2) is 47.9 Å². The molecule has 2 aromatic rings. The second-order valence-electron chi connectivity index (χ2n) is 5.89. The van der Waals surface area contributed by atoms with Gasteiger partial charge in [-0.15, -0.1) is 0 Å². The molecule has 4 nitrogen and oxygen atoms in total. The molecule has 0 unspecified atom stereocenters. The molecule has 1 heterocycles. The molecule has 1 fully saturated rings. The Morgan fingerprint density at radius 2 is 1.96 bits per heavy atom. The Bertz CT molecular complexity index is 1020. The minimum atomic E-state index is -0.192. The highest BCUT2D eigenvalue weighted by atomic mass is 127. The molecule has 1 N–H and O–H groups in total. The summed E-state index contributed by atoms with van der Waals surface area (Å²) in [6.45, 7) is 6.04. The van der Waals surface area contributed by atoms with Gasteiger partial charge in [0.1, 0.15) is 12.4 Å². The predicted octanol–water partition coefficient (Wildman–Crippen LogP) is 6.43. The zero-order valence-electron chi connectivity index (χ0n) is 14.8. The lowest BCUT2D eigenvalue weighted by molar-refractivity contribution is -0.113. The molecule has 8 heteroatoms. The Kier molecular flexibility index (Phi) is 7.48. The highest BCUT2D eigenvalue weighted by Crippen LogP contribution is 2.39. The summed E-state index contributed by atoms with van der Waals surface area (Å²) in [6.07, 6.45) is 3.50. The molecule has 0 aromatic heterocycles. The van der Waals surface area contributed by atoms with Gasteiger partial charge in [-0.3, -0.25) is 15.1 Å². The van der Waals surface area contributed by atoms with Gasteiger partial charge >= 0.3 is 0 Å². The molecular weight excluding hydrogens is 713 g/mol. The number of anilines is 1. The van der Waals surface area contributed by atoms with Crippen molar-refractivity contribution in [2.45, 2.75) is 6.92 Å². The van der Waals surface area contributed by atoms with Crippen LogP contribution < -0.4 is 9.64 Å². The van der Waals surface area contributed by atoms with Gasteiger partial charge in [0.05, 0.1) is 14.2 Å². The van der Waals surface area contributed by atoms with Crippen molar-refractivity contribution in [3.63, 3.8) is 0 Å². The summed E-state index contributed by atoms with van der Waals surface area (Å²) in [6, 6.07) is 9.84. The van der Waals surface area contributed by atoms with Gasteiger partial charge in [0, 0.05) is 12.7 Å². The summed E-state index contributed by atoms with van der Waals surface area (Å²) >= 11 is 7.88. The van der Waals surface area contributed by atoms with Crippen molar-refractivity contribution in [3.05, 3.63) is 69.7 Å². The number of hydrogen-bond acceptors (Lipinski definition) is 4. The number of nitrogens with one attached hydrogen (secondary N) is 1. The van der Waals surface area contributed by atoms with Crippen LogP contribution in [-0.4, -0.2) is 17.7 Å². The van der Waals surface area contributed by atoms with Gasteiger partial charge in [-0.05, 0) is 128 Å². The van der Waals surface area contributed by atoms with E-state index in [9.17, 15) is 4.79 Å². The van der Waals surface area contributed by atoms with Crippen LogP contribution in [0.25, 0.3) is 6.08 Å². The maximum Gasteiger partial charge on any atom is 0.271 e. The number of carbonyl (C=O) groups is 1. The zero-order valence-corrected chi connectivity index (χ0v) is 22.1. The number of thioether (sulfide) groups is 1. The van der Waals surface area contributed by atoms with Crippen LogP contribution in [0.5, 0.6) is 5.75 Å². The Labute approximate surface area is 209 Å². The molecule has 1 aliphatic heterocycles. The summed E-state index contributed by atoms with van der Waals surface area (Å²) in [5.41, 5.74) is 2.53. The molecule has 0 spiro atoms. The topological polar surface area (TPSA) is 53.4 Å². The van der Waals surface area contributed by atoms with Crippen molar-refractivity contribution < 1.29 is 9.53 Å². The van der Waals surface area contributed by atoms with E-state index in [1.807, 2.05) is 43.3 Å². The summed E-state index contributed by atoms with van der Waals surface area (Å²) in [5, 5.41) is 8.55. The van der Waals surface area contributed by atoms with Crippen LogP contribution in [0.4, 0.5) is 5.69 Å². The van der Waals surface area contributed by atoms with Crippen molar-refractivity contribution in [1.29, 1.82) is 5.41 Å². The lowest BCUT2D eigenvalue weighted by atomic mass is 10.1. The first-order valence-electron chi connectivity index (χ1n) is 8.13. The molecule has 0 bridgehead atoms. The van der Waals surface area contributed by atoms with E-state index >= 15 is 0 Å². The Balaban J connectivity index is 2.01. The number of hydrogen-bond donors (Lipinski definition) is 1. The Hall–Kier alpha value is -0.600. The molecule has 28 heavy (non-hydrogen) atoms. The van der Waals surface area contributed by atoms with Crippen LogP contribution >= 0.6 is 79.5 Å². The van der Waals surface area contributed by atoms with E-state index in [1.165, 1.54) is 16.7 Å². The number of amidine groups is 1. The van der Waals surface area contributed by atoms with Crippen LogP contribution in [0.3, 0.4) is 0 Å². The highest BCUT2D eigenvalue weighted by Gasteiger charge is 2.34. The first-order valence-corrected chi connectivity index (χ1v) is 12.2. The molecule has 1 amide bonds. The van der Waals surface area contributed by atoms with E-state index in [0.717, 1.165) is 33.3 Å². The van der Waals surface area contributed by atoms with E-state index < -0.39 is 0 Å². The fourth-order valence-corrected chi connectivity index (χ4v) is 6.24. The highest BCUT2D eigenvalue weighted by molar-refractivity contribution is 14.1. The number of halogens is 3. The molecule has 0 aliphatic carbocycles. The van der Waals surface area contributed by atoms with Crippen molar-refractivity contribution in [1.82, 2.24) is 0 Å². The molecular formula is C20H15I3N2O2S. The van der Waals surface area contributed by atoms with Gasteiger partial charge in [0.2, 0.25) is 0 Å². The van der Waals surface area contributed by atoms with Crippen LogP contribution in [-0.2, 0) is 4.79 Å². The first-order chi connectivity index (χ1) is 13.3. The number of benzene rings is 2. The third-order valence-corrected chi connectivity index (χ3v) is 6.88. The maximum atomic E-state index is 13.1. The lowest BCUT2D eigenvalue weighted by Crippen LogP contribution is -2.28. The SMILES string of the molecule is C=CCOc1c(I)cc(I)cc1C=C1SC(=N)N(c2ccc(I)cc2C)C1=O. The summed E-state index contributed by atoms with van der Waals surface area (Å²) in [5.74, 6) is 0.528. The minimum absolute atomic E-state index is 0.192. The average molecular weight is 728 g/mol. The number of nitrogens with zero attached hydrogens (tertiary/aromatic N) is 1. The second-order valence-corrected chi connectivity index (χ2v) is 10.6. The predicted molar refractivity (Wildman–Crippen MR) is 142 cm³/mol. The number of amides is 1. The van der Waals surface area contributed by atoms with Gasteiger partial charge < -0.3 is 4.74 Å². The van der Waals surface area contributed by atoms with E-state index in [-0.39, 0.29) is 11.1 Å². The molecule has 2 aromatic carbocycles. The van der Waals surface area contributed by atoms with Crippen molar-refractivity contribution in [3.8, 4) is 5.75 Å². The quantitative estimate of drug-likeness (QED) is 0.220. The molecule has 3 rings (SSSR count). The number of aryl methyl sites for hydroxylation is 1. The molecule has 0 atom stereocenters. The van der Waals surface area contributed by atoms with E-state index in [2.05, 4.69) is 74.4 Å². The fraction of sp³-hybridized carbons (Fsp3) is 0.100. The normalized spacial score (nSPS) is 15.4. The molecule has 0 saturated carbocycles. The molecule has 1 saturated heterocycles. The van der Waals surface area contributed by atoms with E-state index in [1.54, 1.807) is 6.08 Å². The summed E-state index contributed by atoms with van der Waals surface area (Å²) < 4.78 is 8.94. The van der Waals surface area contributed by atoms with Gasteiger partial charge in [-0.25, -0.2) is 0 Å². The van der Waals surface area contributed by atoms with Gasteiger partial charge in [-0.1, -0.05) is 12.7 Å². The Morgan fingerprint density at radius 3 is 2.64 bits per heavy atom. The summed E-state index contributed by atoms with van der Waals surface area (Å²) in [4.78, 5) is 15.1. The number of rotatable bonds is 5. The lowest BCUT2D eigenvalue weighted by Gasteiger charge is -2.17. The second kappa shape index (κ2) is 9.47. The average Bonchev–Trinajstić information content (AvgIpc) is 2.88. The van der Waals surface area contributed by atoms with Crippen molar-refractivity contribution >= 4 is 102 Å². The third kappa shape index (κ3) is 4.75. The van der Waals surface area contributed by atoms with Crippen molar-refractivity contribution in [2.24, 2.45) is 0 Å². The van der Waals surface area contributed by atoms with Crippen LogP contribution in [0, 0.1) is 23.0 Å². The van der Waals surface area contributed by atoms with E-state index in [4.69, 9.17) is 10.1 Å². The maximum absolute atomic E-state index is 13.1. The first kappa shape index (κ1) is 22.1. The standard InChI is InChI=1S/C20H15I3N2O2S/c1-3-6-27-18-12(8-14(22)10-15(18)23)9-17-19(26)25(20(24)28-17)16-5-4-13(21)7-11(16)2/h3-5,7-10,24H,1,6H2,2H3. The van der Waals surface area contributed by atoms with Gasteiger partial charge in [0.25, 0.3) is 5.91 Å². The van der Waals surface area contributed by atoms with Crippen LogP contribution in [0.2, 0.25) is 0 Å². The van der Waals surface area contributed by atoms with E-state index in [0.29, 0.717) is 11.5 Å². The fourth-order valence-electron chi connectivity index (χ4n) is 2.70. The largest absolute Gasteiger partial charge is 0.488 e. The third-order valence-electron chi connectivity index (χ3n) is 3.89. The van der Waals surface area contributed by atoms with Gasteiger partial charge in [-0.2, -0.15) is 0 Å².